The van der Waals surface area contributed by atoms with Gasteiger partial charge in [-0.2, -0.15) is 0 Å². The van der Waals surface area contributed by atoms with Gasteiger partial charge in [0.2, 0.25) is 0 Å². The Morgan fingerprint density at radius 1 is 1.29 bits per heavy atom. The fraction of sp³-hybridized carbons (Fsp3) is 0.200. The van der Waals surface area contributed by atoms with Gasteiger partial charge in [-0.1, -0.05) is 29.8 Å². The number of nitro groups is 1. The monoisotopic (exact) mass is 303 g/mol. The van der Waals surface area contributed by atoms with Gasteiger partial charge in [0.15, 0.2) is 0 Å². The van der Waals surface area contributed by atoms with Crippen molar-refractivity contribution in [2.24, 2.45) is 0 Å². The molecule has 0 atom stereocenters. The summed E-state index contributed by atoms with van der Waals surface area (Å²) in [6.45, 7) is 1.26. The lowest BCUT2D eigenvalue weighted by molar-refractivity contribution is -0.384. The average molecular weight is 304 g/mol. The minimum absolute atomic E-state index is 0.101. The highest BCUT2D eigenvalue weighted by Crippen LogP contribution is 2.37. The lowest BCUT2D eigenvalue weighted by Crippen LogP contribution is -2.05. The molecular weight excluding hydrogens is 290 g/mol. The fourth-order valence-electron chi connectivity index (χ4n) is 2.56. The molecule has 3 rings (SSSR count). The molecule has 0 saturated carbocycles. The van der Waals surface area contributed by atoms with Gasteiger partial charge in [-0.15, -0.1) is 0 Å². The number of hydrogen-bond donors (Lipinski definition) is 2. The molecule has 0 saturated heterocycles. The van der Waals surface area contributed by atoms with Gasteiger partial charge >= 0.3 is 0 Å². The van der Waals surface area contributed by atoms with Crippen molar-refractivity contribution in [1.82, 2.24) is 0 Å². The van der Waals surface area contributed by atoms with Gasteiger partial charge < -0.3 is 10.6 Å². The summed E-state index contributed by atoms with van der Waals surface area (Å²) in [6.07, 6.45) is 0.780. The van der Waals surface area contributed by atoms with E-state index >= 15 is 0 Å². The molecule has 21 heavy (non-hydrogen) atoms. The zero-order valence-corrected chi connectivity index (χ0v) is 12.0. The average Bonchev–Trinajstić information content (AvgIpc) is 2.94. The number of anilines is 2. The molecule has 2 N–H and O–H groups in total. The van der Waals surface area contributed by atoms with Crippen molar-refractivity contribution in [3.63, 3.8) is 0 Å². The summed E-state index contributed by atoms with van der Waals surface area (Å²) in [6, 6.07) is 10.8. The van der Waals surface area contributed by atoms with Crippen molar-refractivity contribution in [3.05, 3.63) is 62.7 Å². The van der Waals surface area contributed by atoms with E-state index in [1.807, 2.05) is 24.3 Å². The van der Waals surface area contributed by atoms with Crippen molar-refractivity contribution >= 4 is 28.7 Å². The Labute approximate surface area is 127 Å². The predicted octanol–water partition coefficient (Wildman–Crippen LogP) is 3.83. The molecule has 1 aliphatic heterocycles. The molecule has 0 bridgehead atoms. The Morgan fingerprint density at radius 3 is 2.86 bits per heavy atom. The van der Waals surface area contributed by atoms with Crippen LogP contribution in [-0.2, 0) is 13.0 Å². The molecule has 0 fully saturated rings. The van der Waals surface area contributed by atoms with Crippen molar-refractivity contribution in [1.29, 1.82) is 0 Å². The van der Waals surface area contributed by atoms with Crippen LogP contribution in [0.1, 0.15) is 11.1 Å². The molecule has 5 nitrogen and oxygen atoms in total. The van der Waals surface area contributed by atoms with Crippen LogP contribution < -0.4 is 10.6 Å². The summed E-state index contributed by atoms with van der Waals surface area (Å²) in [5.74, 6) is 0. The molecular formula is C15H14ClN3O2. The molecule has 0 unspecified atom stereocenters. The van der Waals surface area contributed by atoms with E-state index in [1.165, 1.54) is 6.07 Å². The number of nitro benzene ring substituents is 1. The molecule has 0 aliphatic carbocycles. The van der Waals surface area contributed by atoms with Crippen LogP contribution in [0.5, 0.6) is 0 Å². The van der Waals surface area contributed by atoms with Crippen LogP contribution in [0.3, 0.4) is 0 Å². The maximum Gasteiger partial charge on any atom is 0.292 e. The Kier molecular flexibility index (Phi) is 3.66. The van der Waals surface area contributed by atoms with Gasteiger partial charge in [0.1, 0.15) is 5.69 Å². The van der Waals surface area contributed by atoms with E-state index in [1.54, 1.807) is 6.07 Å². The molecule has 2 aromatic carbocycles. The lowest BCUT2D eigenvalue weighted by atomic mass is 10.1. The van der Waals surface area contributed by atoms with E-state index in [0.717, 1.165) is 29.8 Å². The summed E-state index contributed by atoms with van der Waals surface area (Å²) in [7, 11) is 0. The van der Waals surface area contributed by atoms with Gasteiger partial charge in [-0.3, -0.25) is 10.1 Å². The van der Waals surface area contributed by atoms with Crippen molar-refractivity contribution in [2.45, 2.75) is 13.0 Å². The van der Waals surface area contributed by atoms with Gasteiger partial charge in [-0.25, -0.2) is 0 Å². The van der Waals surface area contributed by atoms with Crippen LogP contribution in [0.2, 0.25) is 5.02 Å². The molecule has 6 heteroatoms. The van der Waals surface area contributed by atoms with E-state index in [4.69, 9.17) is 11.6 Å². The van der Waals surface area contributed by atoms with Gasteiger partial charge in [-0.05, 0) is 24.1 Å². The van der Waals surface area contributed by atoms with Gasteiger partial charge in [0.05, 0.1) is 4.92 Å². The maximum atomic E-state index is 11.2. The van der Waals surface area contributed by atoms with Crippen LogP contribution in [0.4, 0.5) is 17.1 Å². The molecule has 0 aromatic heterocycles. The Morgan fingerprint density at radius 2 is 2.10 bits per heavy atom. The van der Waals surface area contributed by atoms with E-state index in [-0.39, 0.29) is 10.6 Å². The summed E-state index contributed by atoms with van der Waals surface area (Å²) < 4.78 is 0. The lowest BCUT2D eigenvalue weighted by Gasteiger charge is -2.12. The predicted molar refractivity (Wildman–Crippen MR) is 84.1 cm³/mol. The first-order valence-corrected chi connectivity index (χ1v) is 7.06. The molecule has 2 aromatic rings. The molecule has 1 heterocycles. The van der Waals surface area contributed by atoms with E-state index < -0.39 is 0 Å². The third kappa shape index (κ3) is 2.64. The van der Waals surface area contributed by atoms with E-state index in [2.05, 4.69) is 10.6 Å². The molecule has 108 valence electrons. The zero-order chi connectivity index (χ0) is 14.8. The smallest absolute Gasteiger partial charge is 0.292 e. The van der Waals surface area contributed by atoms with Crippen LogP contribution in [0.15, 0.2) is 36.4 Å². The highest BCUT2D eigenvalue weighted by atomic mass is 35.5. The van der Waals surface area contributed by atoms with Crippen LogP contribution in [-0.4, -0.2) is 11.5 Å². The summed E-state index contributed by atoms with van der Waals surface area (Å²) in [4.78, 5) is 10.9. The number of benzene rings is 2. The third-order valence-electron chi connectivity index (χ3n) is 3.59. The largest absolute Gasteiger partial charge is 0.384 e. The van der Waals surface area contributed by atoms with Crippen LogP contribution in [0.25, 0.3) is 0 Å². The van der Waals surface area contributed by atoms with Gasteiger partial charge in [0.25, 0.3) is 5.69 Å². The molecule has 0 amide bonds. The number of halogens is 1. The van der Waals surface area contributed by atoms with Crippen molar-refractivity contribution in [3.8, 4) is 0 Å². The standard InChI is InChI=1S/C15H14ClN3O2/c16-12-4-2-1-3-10(12)9-18-15-11-7-8-17-13(11)5-6-14(15)19(20)21/h1-6,17-18H,7-9H2. The Balaban J connectivity index is 1.93. The topological polar surface area (TPSA) is 67.2 Å². The molecule has 0 radical (unpaired) electrons. The number of nitrogens with one attached hydrogen (secondary N) is 2. The second-order valence-electron chi connectivity index (χ2n) is 4.86. The molecule has 1 aliphatic rings. The fourth-order valence-corrected chi connectivity index (χ4v) is 2.76. The quantitative estimate of drug-likeness (QED) is 0.665. The second kappa shape index (κ2) is 5.61. The third-order valence-corrected chi connectivity index (χ3v) is 3.96. The summed E-state index contributed by atoms with van der Waals surface area (Å²) in [5.41, 5.74) is 3.53. The Bertz CT molecular complexity index is 703. The van der Waals surface area contributed by atoms with Crippen LogP contribution in [0, 0.1) is 10.1 Å². The minimum atomic E-state index is -0.354. The summed E-state index contributed by atoms with van der Waals surface area (Å²) >= 11 is 6.12. The summed E-state index contributed by atoms with van der Waals surface area (Å²) in [5, 5.41) is 18.3. The highest BCUT2D eigenvalue weighted by molar-refractivity contribution is 6.31. The van der Waals surface area contributed by atoms with Gasteiger partial charge in [0, 0.05) is 35.4 Å². The first-order valence-electron chi connectivity index (χ1n) is 6.68. The minimum Gasteiger partial charge on any atom is -0.384 e. The second-order valence-corrected chi connectivity index (χ2v) is 5.27. The Hall–Kier alpha value is -2.27. The van der Waals surface area contributed by atoms with E-state index in [9.17, 15) is 10.1 Å². The maximum absolute atomic E-state index is 11.2. The van der Waals surface area contributed by atoms with Crippen LogP contribution >= 0.6 is 11.6 Å². The SMILES string of the molecule is O=[N+]([O-])c1ccc2c(c1NCc1ccccc1Cl)CCN2. The van der Waals surface area contributed by atoms with E-state index in [0.29, 0.717) is 17.3 Å². The number of rotatable bonds is 4. The first-order chi connectivity index (χ1) is 10.2. The first kappa shape index (κ1) is 13.7. The number of fused-ring (bicyclic) bond motifs is 1. The highest BCUT2D eigenvalue weighted by Gasteiger charge is 2.23. The van der Waals surface area contributed by atoms with Crippen molar-refractivity contribution in [2.75, 3.05) is 17.2 Å². The number of hydrogen-bond acceptors (Lipinski definition) is 4. The number of nitrogens with zero attached hydrogens (tertiary/aromatic N) is 1. The zero-order valence-electron chi connectivity index (χ0n) is 11.2. The molecule has 0 spiro atoms. The van der Waals surface area contributed by atoms with Crippen molar-refractivity contribution < 1.29 is 4.92 Å². The normalized spacial score (nSPS) is 12.6.